The number of nitrogens with zero attached hydrogens (tertiary/aromatic N) is 4. The van der Waals surface area contributed by atoms with Crippen LogP contribution in [0.25, 0.3) is 0 Å². The van der Waals surface area contributed by atoms with Crippen molar-refractivity contribution in [2.75, 3.05) is 20.1 Å². The van der Waals surface area contributed by atoms with Crippen LogP contribution in [-0.4, -0.2) is 40.8 Å². The standard InChI is InChI=1S/C19H29N5.HI/c1-6-20-19(23(4)13-17-12-22-24(5)14-17)21-11-16(3)18-9-7-8-15(2)10-18;/h7-10,12,14,16H,6,11,13H2,1-5H3,(H,20,21);1H. The minimum Gasteiger partial charge on any atom is -0.357 e. The Hall–Kier alpha value is -1.57. The lowest BCUT2D eigenvalue weighted by atomic mass is 10.00. The molecule has 0 aliphatic carbocycles. The summed E-state index contributed by atoms with van der Waals surface area (Å²) in [6.07, 6.45) is 3.94. The van der Waals surface area contributed by atoms with E-state index in [1.165, 1.54) is 16.7 Å². The third kappa shape index (κ3) is 6.68. The van der Waals surface area contributed by atoms with Crippen LogP contribution in [0.3, 0.4) is 0 Å². The normalized spacial score (nSPS) is 12.4. The summed E-state index contributed by atoms with van der Waals surface area (Å²) in [6.45, 7) is 8.86. The van der Waals surface area contributed by atoms with Gasteiger partial charge in [0.15, 0.2) is 5.96 Å². The van der Waals surface area contributed by atoms with Gasteiger partial charge >= 0.3 is 0 Å². The number of aliphatic imine (C=N–C) groups is 1. The molecule has 0 spiro atoms. The lowest BCUT2D eigenvalue weighted by Gasteiger charge is -2.22. The summed E-state index contributed by atoms with van der Waals surface area (Å²) in [6, 6.07) is 8.67. The highest BCUT2D eigenvalue weighted by atomic mass is 127. The number of aromatic nitrogens is 2. The molecular weight excluding hydrogens is 425 g/mol. The van der Waals surface area contributed by atoms with Crippen LogP contribution in [0.5, 0.6) is 0 Å². The van der Waals surface area contributed by atoms with E-state index in [1.54, 1.807) is 0 Å². The monoisotopic (exact) mass is 455 g/mol. The van der Waals surface area contributed by atoms with Crippen LogP contribution >= 0.6 is 24.0 Å². The van der Waals surface area contributed by atoms with Crippen LogP contribution in [0.1, 0.15) is 36.5 Å². The second-order valence-electron chi connectivity index (χ2n) is 6.39. The zero-order valence-electron chi connectivity index (χ0n) is 15.9. The quantitative estimate of drug-likeness (QED) is 0.412. The van der Waals surface area contributed by atoms with Crippen molar-refractivity contribution in [2.24, 2.45) is 12.0 Å². The largest absolute Gasteiger partial charge is 0.357 e. The smallest absolute Gasteiger partial charge is 0.193 e. The van der Waals surface area contributed by atoms with Crippen molar-refractivity contribution < 1.29 is 0 Å². The molecule has 0 saturated carbocycles. The highest BCUT2D eigenvalue weighted by Crippen LogP contribution is 2.16. The number of nitrogens with one attached hydrogen (secondary N) is 1. The molecule has 0 saturated heterocycles. The Bertz CT molecular complexity index is 680. The van der Waals surface area contributed by atoms with Crippen molar-refractivity contribution in [3.63, 3.8) is 0 Å². The zero-order valence-corrected chi connectivity index (χ0v) is 18.2. The molecule has 0 fully saturated rings. The second-order valence-corrected chi connectivity index (χ2v) is 6.39. The van der Waals surface area contributed by atoms with Gasteiger partial charge in [-0.25, -0.2) is 0 Å². The van der Waals surface area contributed by atoms with Gasteiger partial charge in [0.1, 0.15) is 0 Å². The Morgan fingerprint density at radius 2 is 2.16 bits per heavy atom. The molecule has 2 rings (SSSR count). The minimum atomic E-state index is 0. The van der Waals surface area contributed by atoms with Gasteiger partial charge in [-0.1, -0.05) is 36.8 Å². The topological polar surface area (TPSA) is 45.5 Å². The van der Waals surface area contributed by atoms with Crippen molar-refractivity contribution in [2.45, 2.75) is 33.2 Å². The van der Waals surface area contributed by atoms with Crippen LogP contribution in [-0.2, 0) is 13.6 Å². The van der Waals surface area contributed by atoms with Gasteiger partial charge in [0.25, 0.3) is 0 Å². The van der Waals surface area contributed by atoms with E-state index in [4.69, 9.17) is 4.99 Å². The average molecular weight is 455 g/mol. The minimum absolute atomic E-state index is 0. The molecule has 1 aromatic carbocycles. The van der Waals surface area contributed by atoms with E-state index in [0.717, 1.165) is 25.6 Å². The molecule has 6 heteroatoms. The molecular formula is C19H30IN5. The van der Waals surface area contributed by atoms with Crippen LogP contribution in [0.15, 0.2) is 41.7 Å². The molecule has 0 radical (unpaired) electrons. The fraction of sp³-hybridized carbons (Fsp3) is 0.474. The molecule has 1 unspecified atom stereocenters. The molecule has 0 amide bonds. The van der Waals surface area contributed by atoms with E-state index in [1.807, 2.05) is 24.1 Å². The van der Waals surface area contributed by atoms with Crippen molar-refractivity contribution in [1.29, 1.82) is 0 Å². The highest BCUT2D eigenvalue weighted by molar-refractivity contribution is 14.0. The Morgan fingerprint density at radius 3 is 2.76 bits per heavy atom. The first-order valence-electron chi connectivity index (χ1n) is 8.53. The highest BCUT2D eigenvalue weighted by Gasteiger charge is 2.10. The molecule has 5 nitrogen and oxygen atoms in total. The zero-order chi connectivity index (χ0) is 17.5. The molecule has 1 heterocycles. The Labute approximate surface area is 168 Å². The van der Waals surface area contributed by atoms with Gasteiger partial charge in [-0.15, -0.1) is 24.0 Å². The summed E-state index contributed by atoms with van der Waals surface area (Å²) in [5, 5.41) is 7.60. The average Bonchev–Trinajstić information content (AvgIpc) is 2.96. The lowest BCUT2D eigenvalue weighted by Crippen LogP contribution is -2.38. The SMILES string of the molecule is CCNC(=NCC(C)c1cccc(C)c1)N(C)Cc1cnn(C)c1.I. The maximum absolute atomic E-state index is 4.83. The number of halogens is 1. The maximum Gasteiger partial charge on any atom is 0.193 e. The first-order valence-corrected chi connectivity index (χ1v) is 8.53. The van der Waals surface area contributed by atoms with Gasteiger partial charge in [0.2, 0.25) is 0 Å². The van der Waals surface area contributed by atoms with Crippen molar-refractivity contribution in [1.82, 2.24) is 20.0 Å². The number of hydrogen-bond acceptors (Lipinski definition) is 2. The summed E-state index contributed by atoms with van der Waals surface area (Å²) in [5.74, 6) is 1.33. The van der Waals surface area contributed by atoms with E-state index >= 15 is 0 Å². The molecule has 0 bridgehead atoms. The van der Waals surface area contributed by atoms with E-state index in [-0.39, 0.29) is 24.0 Å². The Balaban J connectivity index is 0.00000312. The summed E-state index contributed by atoms with van der Waals surface area (Å²) >= 11 is 0. The van der Waals surface area contributed by atoms with Crippen LogP contribution < -0.4 is 5.32 Å². The third-order valence-electron chi connectivity index (χ3n) is 4.00. The molecule has 2 aromatic rings. The van der Waals surface area contributed by atoms with Crippen LogP contribution in [0.2, 0.25) is 0 Å². The number of rotatable bonds is 6. The van der Waals surface area contributed by atoms with Crippen LogP contribution in [0.4, 0.5) is 0 Å². The fourth-order valence-corrected chi connectivity index (χ4v) is 2.68. The molecule has 0 aliphatic rings. The maximum atomic E-state index is 4.83. The lowest BCUT2D eigenvalue weighted by molar-refractivity contribution is 0.475. The van der Waals surface area contributed by atoms with Gasteiger partial charge in [0, 0.05) is 51.4 Å². The first kappa shape index (κ1) is 21.5. The van der Waals surface area contributed by atoms with Crippen LogP contribution in [0, 0.1) is 6.92 Å². The van der Waals surface area contributed by atoms with Gasteiger partial charge in [0.05, 0.1) is 6.20 Å². The van der Waals surface area contributed by atoms with E-state index in [2.05, 4.69) is 67.4 Å². The number of guanidine groups is 1. The summed E-state index contributed by atoms with van der Waals surface area (Å²) in [7, 11) is 4.00. The van der Waals surface area contributed by atoms with E-state index in [0.29, 0.717) is 5.92 Å². The van der Waals surface area contributed by atoms with E-state index < -0.39 is 0 Å². The second kappa shape index (κ2) is 10.4. The molecule has 138 valence electrons. The number of hydrogen-bond donors (Lipinski definition) is 1. The number of benzene rings is 1. The number of aryl methyl sites for hydroxylation is 2. The summed E-state index contributed by atoms with van der Waals surface area (Å²) < 4.78 is 1.83. The fourth-order valence-electron chi connectivity index (χ4n) is 2.68. The first-order chi connectivity index (χ1) is 11.5. The van der Waals surface area contributed by atoms with E-state index in [9.17, 15) is 0 Å². The summed E-state index contributed by atoms with van der Waals surface area (Å²) in [5.41, 5.74) is 3.81. The molecule has 25 heavy (non-hydrogen) atoms. The van der Waals surface area contributed by atoms with Gasteiger partial charge < -0.3 is 10.2 Å². The molecule has 1 N–H and O–H groups in total. The van der Waals surface area contributed by atoms with Gasteiger partial charge in [-0.05, 0) is 19.4 Å². The van der Waals surface area contributed by atoms with Crippen molar-refractivity contribution >= 4 is 29.9 Å². The Kier molecular flexibility index (Phi) is 8.96. The van der Waals surface area contributed by atoms with Crippen molar-refractivity contribution in [3.8, 4) is 0 Å². The van der Waals surface area contributed by atoms with Crippen molar-refractivity contribution in [3.05, 3.63) is 53.3 Å². The molecule has 0 aliphatic heterocycles. The summed E-state index contributed by atoms with van der Waals surface area (Å²) in [4.78, 5) is 6.97. The third-order valence-corrected chi connectivity index (χ3v) is 4.00. The van der Waals surface area contributed by atoms with Gasteiger partial charge in [-0.2, -0.15) is 5.10 Å². The molecule has 1 aromatic heterocycles. The molecule has 1 atom stereocenters. The Morgan fingerprint density at radius 1 is 1.40 bits per heavy atom. The van der Waals surface area contributed by atoms with Gasteiger partial charge in [-0.3, -0.25) is 9.67 Å². The predicted molar refractivity (Wildman–Crippen MR) is 116 cm³/mol. The predicted octanol–water partition coefficient (Wildman–Crippen LogP) is 3.55.